The van der Waals surface area contributed by atoms with Crippen molar-refractivity contribution in [1.29, 1.82) is 0 Å². The molecule has 0 saturated carbocycles. The van der Waals surface area contributed by atoms with Gasteiger partial charge in [-0.05, 0) is 41.6 Å². The minimum atomic E-state index is -0.894. The summed E-state index contributed by atoms with van der Waals surface area (Å²) in [7, 11) is 0. The van der Waals surface area contributed by atoms with Crippen LogP contribution in [-0.2, 0) is 0 Å². The molecule has 1 aromatic carbocycles. The Labute approximate surface area is 104 Å². The zero-order valence-corrected chi connectivity index (χ0v) is 10.2. The van der Waals surface area contributed by atoms with Crippen molar-refractivity contribution in [2.75, 3.05) is 0 Å². The molecule has 0 radical (unpaired) electrons. The predicted octanol–water partition coefficient (Wildman–Crippen LogP) is 3.93. The van der Waals surface area contributed by atoms with Gasteiger partial charge in [0.2, 0.25) is 0 Å². The Balaban J connectivity index is 2.17. The maximum Gasteiger partial charge on any atom is 0.335 e. The van der Waals surface area contributed by atoms with Gasteiger partial charge in [0.05, 0.1) is 5.56 Å². The van der Waals surface area contributed by atoms with Crippen LogP contribution in [0.15, 0.2) is 35.7 Å². The van der Waals surface area contributed by atoms with Crippen LogP contribution in [0.2, 0.25) is 0 Å². The fourth-order valence-corrected chi connectivity index (χ4v) is 2.18. The Kier molecular flexibility index (Phi) is 3.40. The second kappa shape index (κ2) is 4.97. The Morgan fingerprint density at radius 1 is 1.18 bits per heavy atom. The van der Waals surface area contributed by atoms with Crippen LogP contribution in [0.3, 0.4) is 0 Å². The second-order valence-electron chi connectivity index (χ2n) is 3.69. The van der Waals surface area contributed by atoms with Gasteiger partial charge in [0, 0.05) is 4.88 Å². The number of aromatic carboxylic acids is 1. The van der Waals surface area contributed by atoms with Crippen molar-refractivity contribution in [3.63, 3.8) is 0 Å². The average Bonchev–Trinajstić information content (AvgIpc) is 2.73. The van der Waals surface area contributed by atoms with Gasteiger partial charge < -0.3 is 5.11 Å². The average molecular weight is 244 g/mol. The summed E-state index contributed by atoms with van der Waals surface area (Å²) < 4.78 is 0. The van der Waals surface area contributed by atoms with E-state index in [2.05, 4.69) is 18.4 Å². The molecule has 0 amide bonds. The molecule has 0 spiro atoms. The molecule has 0 aliphatic rings. The van der Waals surface area contributed by atoms with Crippen molar-refractivity contribution in [3.05, 3.63) is 57.3 Å². The molecular formula is C14H12O2S. The summed E-state index contributed by atoms with van der Waals surface area (Å²) in [6.07, 6.45) is 4.03. The molecule has 0 fully saturated rings. The fraction of sp³-hybridized carbons (Fsp3) is 0.0714. The molecule has 0 unspecified atom stereocenters. The molecule has 2 aromatic rings. The van der Waals surface area contributed by atoms with E-state index in [4.69, 9.17) is 5.11 Å². The standard InChI is InChI=1S/C14H12O2S/c1-10-12(8-9-17-10)5-2-11-3-6-13(7-4-11)14(15)16/h2-9H,1H3,(H,15,16). The lowest BCUT2D eigenvalue weighted by Gasteiger charge is -1.96. The van der Waals surface area contributed by atoms with Crippen molar-refractivity contribution < 1.29 is 9.90 Å². The van der Waals surface area contributed by atoms with Gasteiger partial charge in [-0.3, -0.25) is 0 Å². The van der Waals surface area contributed by atoms with Gasteiger partial charge in [0.25, 0.3) is 0 Å². The summed E-state index contributed by atoms with van der Waals surface area (Å²) in [6, 6.07) is 8.91. The molecule has 1 heterocycles. The predicted molar refractivity (Wildman–Crippen MR) is 71.4 cm³/mol. The van der Waals surface area contributed by atoms with E-state index in [0.717, 1.165) is 5.56 Å². The van der Waals surface area contributed by atoms with Crippen molar-refractivity contribution >= 4 is 29.5 Å². The summed E-state index contributed by atoms with van der Waals surface area (Å²) >= 11 is 1.72. The molecule has 0 atom stereocenters. The highest BCUT2D eigenvalue weighted by Gasteiger charge is 2.00. The minimum absolute atomic E-state index is 0.314. The molecule has 0 aliphatic carbocycles. The van der Waals surface area contributed by atoms with Crippen LogP contribution in [0.4, 0.5) is 0 Å². The van der Waals surface area contributed by atoms with Crippen molar-refractivity contribution in [2.24, 2.45) is 0 Å². The van der Waals surface area contributed by atoms with Crippen molar-refractivity contribution in [3.8, 4) is 0 Å². The molecular weight excluding hydrogens is 232 g/mol. The van der Waals surface area contributed by atoms with Crippen LogP contribution in [0.25, 0.3) is 12.2 Å². The van der Waals surface area contributed by atoms with Crippen LogP contribution >= 0.6 is 11.3 Å². The summed E-state index contributed by atoms with van der Waals surface area (Å²) in [4.78, 5) is 12.0. The minimum Gasteiger partial charge on any atom is -0.478 e. The summed E-state index contributed by atoms with van der Waals surface area (Å²) in [6.45, 7) is 2.08. The monoisotopic (exact) mass is 244 g/mol. The molecule has 0 aliphatic heterocycles. The van der Waals surface area contributed by atoms with E-state index in [1.807, 2.05) is 24.3 Å². The lowest BCUT2D eigenvalue weighted by Crippen LogP contribution is -1.94. The molecule has 17 heavy (non-hydrogen) atoms. The van der Waals surface area contributed by atoms with E-state index < -0.39 is 5.97 Å². The second-order valence-corrected chi connectivity index (χ2v) is 4.81. The van der Waals surface area contributed by atoms with E-state index in [1.54, 1.807) is 23.5 Å². The van der Waals surface area contributed by atoms with Gasteiger partial charge in [-0.15, -0.1) is 11.3 Å². The smallest absolute Gasteiger partial charge is 0.335 e. The van der Waals surface area contributed by atoms with Crippen LogP contribution in [0, 0.1) is 6.92 Å². The molecule has 0 bridgehead atoms. The van der Waals surface area contributed by atoms with Crippen LogP contribution in [0.1, 0.15) is 26.4 Å². The summed E-state index contributed by atoms with van der Waals surface area (Å²) in [5.41, 5.74) is 2.52. The number of carboxylic acids is 1. The van der Waals surface area contributed by atoms with Gasteiger partial charge in [-0.2, -0.15) is 0 Å². The first-order valence-electron chi connectivity index (χ1n) is 5.22. The maximum atomic E-state index is 10.7. The molecule has 0 saturated heterocycles. The highest BCUT2D eigenvalue weighted by atomic mass is 32.1. The van der Waals surface area contributed by atoms with Gasteiger partial charge in [-0.25, -0.2) is 4.79 Å². The third kappa shape index (κ3) is 2.82. The van der Waals surface area contributed by atoms with Gasteiger partial charge in [0.1, 0.15) is 0 Å². The number of aryl methyl sites for hydroxylation is 1. The quantitative estimate of drug-likeness (QED) is 0.888. The number of rotatable bonds is 3. The Morgan fingerprint density at radius 3 is 2.41 bits per heavy atom. The molecule has 1 N–H and O–H groups in total. The van der Waals surface area contributed by atoms with E-state index in [0.29, 0.717) is 5.56 Å². The highest BCUT2D eigenvalue weighted by molar-refractivity contribution is 7.10. The van der Waals surface area contributed by atoms with Crippen LogP contribution < -0.4 is 0 Å². The number of carboxylic acid groups (broad SMARTS) is 1. The van der Waals surface area contributed by atoms with E-state index >= 15 is 0 Å². The van der Waals surface area contributed by atoms with Crippen LogP contribution in [0.5, 0.6) is 0 Å². The number of hydrogen-bond donors (Lipinski definition) is 1. The van der Waals surface area contributed by atoms with Crippen molar-refractivity contribution in [1.82, 2.24) is 0 Å². The normalized spacial score (nSPS) is 10.9. The number of benzene rings is 1. The first-order chi connectivity index (χ1) is 8.16. The molecule has 2 rings (SSSR count). The number of thiophene rings is 1. The van der Waals surface area contributed by atoms with E-state index in [1.165, 1.54) is 10.4 Å². The lowest BCUT2D eigenvalue weighted by molar-refractivity contribution is 0.0697. The SMILES string of the molecule is Cc1sccc1C=Cc1ccc(C(=O)O)cc1. The first kappa shape index (κ1) is 11.6. The Bertz CT molecular complexity index is 550. The molecule has 1 aromatic heterocycles. The van der Waals surface area contributed by atoms with Crippen molar-refractivity contribution in [2.45, 2.75) is 6.92 Å². The van der Waals surface area contributed by atoms with E-state index in [9.17, 15) is 4.79 Å². The third-order valence-corrected chi connectivity index (χ3v) is 3.37. The van der Waals surface area contributed by atoms with Gasteiger partial charge in [0.15, 0.2) is 0 Å². The zero-order valence-electron chi connectivity index (χ0n) is 9.38. The topological polar surface area (TPSA) is 37.3 Å². The van der Waals surface area contributed by atoms with E-state index in [-0.39, 0.29) is 0 Å². The lowest BCUT2D eigenvalue weighted by atomic mass is 10.1. The molecule has 2 nitrogen and oxygen atoms in total. The van der Waals surface area contributed by atoms with Crippen LogP contribution in [-0.4, -0.2) is 11.1 Å². The first-order valence-corrected chi connectivity index (χ1v) is 6.10. The molecule has 3 heteroatoms. The Morgan fingerprint density at radius 2 is 1.88 bits per heavy atom. The summed E-state index contributed by atoms with van der Waals surface area (Å²) in [5.74, 6) is -0.894. The highest BCUT2D eigenvalue weighted by Crippen LogP contribution is 2.18. The Hall–Kier alpha value is -1.87. The third-order valence-electron chi connectivity index (χ3n) is 2.51. The summed E-state index contributed by atoms with van der Waals surface area (Å²) in [5, 5.41) is 10.8. The fourth-order valence-electron chi connectivity index (χ4n) is 1.49. The van der Waals surface area contributed by atoms with Gasteiger partial charge in [-0.1, -0.05) is 24.3 Å². The number of carbonyl (C=O) groups is 1. The van der Waals surface area contributed by atoms with Gasteiger partial charge >= 0.3 is 5.97 Å². The zero-order chi connectivity index (χ0) is 12.3. The maximum absolute atomic E-state index is 10.7. The largest absolute Gasteiger partial charge is 0.478 e. The number of hydrogen-bond acceptors (Lipinski definition) is 2. The molecule has 86 valence electrons.